The molecule has 28 heavy (non-hydrogen) atoms. The molecule has 0 aromatic carbocycles. The van der Waals surface area contributed by atoms with Gasteiger partial charge < -0.3 is 19.4 Å². The molecule has 4 fully saturated rings. The molecule has 158 valence electrons. The van der Waals surface area contributed by atoms with Crippen molar-refractivity contribution in [3.8, 4) is 0 Å². The van der Waals surface area contributed by atoms with Gasteiger partial charge in [-0.3, -0.25) is 4.79 Å². The molecule has 6 nitrogen and oxygen atoms in total. The number of hydrogen-bond acceptors (Lipinski definition) is 4. The van der Waals surface area contributed by atoms with Crippen molar-refractivity contribution in [3.63, 3.8) is 0 Å². The Hall–Kier alpha value is -1.30. The van der Waals surface area contributed by atoms with Gasteiger partial charge in [-0.15, -0.1) is 0 Å². The van der Waals surface area contributed by atoms with Gasteiger partial charge in [0.05, 0.1) is 6.10 Å². The van der Waals surface area contributed by atoms with E-state index in [-0.39, 0.29) is 12.2 Å². The highest BCUT2D eigenvalue weighted by Crippen LogP contribution is 2.39. The number of hydrogen-bond donors (Lipinski definition) is 0. The van der Waals surface area contributed by atoms with Crippen molar-refractivity contribution >= 4 is 12.0 Å². The van der Waals surface area contributed by atoms with Gasteiger partial charge in [0.15, 0.2) is 0 Å². The van der Waals surface area contributed by atoms with Crippen molar-refractivity contribution in [2.75, 3.05) is 26.2 Å². The van der Waals surface area contributed by atoms with E-state index in [0.29, 0.717) is 30.0 Å². The second kappa shape index (κ2) is 8.60. The molecule has 0 aromatic heterocycles. The van der Waals surface area contributed by atoms with Crippen LogP contribution in [0.3, 0.4) is 0 Å². The molecule has 6 heteroatoms. The molecule has 3 saturated heterocycles. The van der Waals surface area contributed by atoms with E-state index in [2.05, 4.69) is 9.80 Å². The molecule has 0 aromatic rings. The predicted molar refractivity (Wildman–Crippen MR) is 108 cm³/mol. The Morgan fingerprint density at radius 1 is 0.929 bits per heavy atom. The lowest BCUT2D eigenvalue weighted by Crippen LogP contribution is -2.53. The van der Waals surface area contributed by atoms with Crippen molar-refractivity contribution < 1.29 is 14.3 Å². The molecular formula is C22H37N3O3. The van der Waals surface area contributed by atoms with E-state index in [1.54, 1.807) is 0 Å². The number of rotatable bonds is 3. The van der Waals surface area contributed by atoms with Gasteiger partial charge in [-0.1, -0.05) is 12.8 Å². The van der Waals surface area contributed by atoms with Gasteiger partial charge in [0.25, 0.3) is 0 Å². The number of amides is 2. The first-order chi connectivity index (χ1) is 13.5. The monoisotopic (exact) mass is 391 g/mol. The minimum atomic E-state index is -0.165. The largest absolute Gasteiger partial charge is 0.447 e. The average Bonchev–Trinajstić information content (AvgIpc) is 3.03. The van der Waals surface area contributed by atoms with E-state index in [9.17, 15) is 9.59 Å². The number of nitrogens with zero attached hydrogens (tertiary/aromatic N) is 3. The maximum atomic E-state index is 12.7. The Labute approximate surface area is 169 Å². The molecule has 4 rings (SSSR count). The van der Waals surface area contributed by atoms with Gasteiger partial charge in [-0.05, 0) is 58.3 Å². The average molecular weight is 392 g/mol. The van der Waals surface area contributed by atoms with Crippen molar-refractivity contribution in [2.45, 2.75) is 95.9 Å². The minimum Gasteiger partial charge on any atom is -0.447 e. The van der Waals surface area contributed by atoms with Crippen LogP contribution in [0.4, 0.5) is 4.79 Å². The Balaban J connectivity index is 1.25. The van der Waals surface area contributed by atoms with Crippen LogP contribution in [-0.2, 0) is 9.53 Å². The van der Waals surface area contributed by atoms with E-state index in [0.717, 1.165) is 58.3 Å². The topological polar surface area (TPSA) is 53.1 Å². The van der Waals surface area contributed by atoms with Crippen LogP contribution in [0.5, 0.6) is 0 Å². The van der Waals surface area contributed by atoms with E-state index < -0.39 is 0 Å². The Morgan fingerprint density at radius 2 is 1.57 bits per heavy atom. The van der Waals surface area contributed by atoms with E-state index in [1.165, 1.54) is 25.7 Å². The van der Waals surface area contributed by atoms with Gasteiger partial charge in [-0.25, -0.2) is 4.79 Å². The van der Waals surface area contributed by atoms with Crippen molar-refractivity contribution in [3.05, 3.63) is 0 Å². The number of fused-ring (bicyclic) bond motifs is 1. The summed E-state index contributed by atoms with van der Waals surface area (Å²) < 4.78 is 5.33. The normalized spacial score (nSPS) is 30.8. The lowest BCUT2D eigenvalue weighted by Gasteiger charge is -2.45. The number of piperidine rings is 2. The van der Waals surface area contributed by atoms with Crippen molar-refractivity contribution in [1.29, 1.82) is 0 Å². The molecule has 0 bridgehead atoms. The van der Waals surface area contributed by atoms with Crippen LogP contribution in [-0.4, -0.2) is 77.1 Å². The lowest BCUT2D eigenvalue weighted by atomic mass is 9.84. The summed E-state index contributed by atoms with van der Waals surface area (Å²) in [6.45, 7) is 7.57. The molecule has 3 aliphatic heterocycles. The number of ether oxygens (including phenoxy) is 1. The predicted octanol–water partition coefficient (Wildman–Crippen LogP) is 3.25. The SMILES string of the molecule is CC(C)OC(=O)N1CCC(N2CCC(N3C(=O)C[C@H]4CCCC[C@@H]43)CC2)CC1. The molecule has 0 N–H and O–H groups in total. The second-order valence-electron chi connectivity index (χ2n) is 9.53. The smallest absolute Gasteiger partial charge is 0.410 e. The summed E-state index contributed by atoms with van der Waals surface area (Å²) >= 11 is 0. The minimum absolute atomic E-state index is 0.0543. The molecule has 0 unspecified atom stereocenters. The van der Waals surface area contributed by atoms with Gasteiger partial charge in [0.1, 0.15) is 0 Å². The van der Waals surface area contributed by atoms with E-state index >= 15 is 0 Å². The quantitative estimate of drug-likeness (QED) is 0.741. The molecule has 1 saturated carbocycles. The first-order valence-electron chi connectivity index (χ1n) is 11.5. The summed E-state index contributed by atoms with van der Waals surface area (Å²) in [5.41, 5.74) is 0. The van der Waals surface area contributed by atoms with Gasteiger partial charge in [0.2, 0.25) is 5.91 Å². The highest BCUT2D eigenvalue weighted by atomic mass is 16.6. The summed E-state index contributed by atoms with van der Waals surface area (Å²) in [5.74, 6) is 1.06. The maximum absolute atomic E-state index is 12.7. The van der Waals surface area contributed by atoms with Crippen LogP contribution in [0.15, 0.2) is 0 Å². The molecule has 4 aliphatic rings. The van der Waals surface area contributed by atoms with Gasteiger partial charge >= 0.3 is 6.09 Å². The number of carbonyl (C=O) groups excluding carboxylic acids is 2. The Bertz CT molecular complexity index is 565. The molecule has 2 atom stereocenters. The second-order valence-corrected chi connectivity index (χ2v) is 9.53. The fourth-order valence-electron chi connectivity index (χ4n) is 6.00. The maximum Gasteiger partial charge on any atom is 0.410 e. The van der Waals surface area contributed by atoms with Gasteiger partial charge in [-0.2, -0.15) is 0 Å². The summed E-state index contributed by atoms with van der Waals surface area (Å²) in [4.78, 5) is 31.5. The highest BCUT2D eigenvalue weighted by molar-refractivity contribution is 5.79. The Kier molecular flexibility index (Phi) is 6.14. The van der Waals surface area contributed by atoms with Crippen LogP contribution in [0.1, 0.15) is 71.6 Å². The number of carbonyl (C=O) groups is 2. The van der Waals surface area contributed by atoms with E-state index in [4.69, 9.17) is 4.74 Å². The lowest BCUT2D eigenvalue weighted by molar-refractivity contribution is -0.132. The van der Waals surface area contributed by atoms with Crippen LogP contribution >= 0.6 is 0 Å². The van der Waals surface area contributed by atoms with Crippen LogP contribution in [0.2, 0.25) is 0 Å². The van der Waals surface area contributed by atoms with Gasteiger partial charge in [0, 0.05) is 50.7 Å². The third kappa shape index (κ3) is 4.17. The summed E-state index contributed by atoms with van der Waals surface area (Å²) in [5, 5.41) is 0. The molecule has 1 aliphatic carbocycles. The van der Waals surface area contributed by atoms with Crippen molar-refractivity contribution in [2.24, 2.45) is 5.92 Å². The van der Waals surface area contributed by atoms with Crippen LogP contribution in [0.25, 0.3) is 0 Å². The molecular weight excluding hydrogens is 354 g/mol. The summed E-state index contributed by atoms with van der Waals surface area (Å²) in [7, 11) is 0. The molecule has 0 spiro atoms. The molecule has 2 amide bonds. The zero-order chi connectivity index (χ0) is 19.7. The van der Waals surface area contributed by atoms with Crippen LogP contribution in [0, 0.1) is 5.92 Å². The first-order valence-corrected chi connectivity index (χ1v) is 11.5. The molecule has 0 radical (unpaired) electrons. The first kappa shape index (κ1) is 20.0. The van der Waals surface area contributed by atoms with Crippen LogP contribution < -0.4 is 0 Å². The zero-order valence-corrected chi connectivity index (χ0v) is 17.6. The highest BCUT2D eigenvalue weighted by Gasteiger charge is 2.44. The summed E-state index contributed by atoms with van der Waals surface area (Å²) in [6.07, 6.45) is 9.96. The van der Waals surface area contributed by atoms with Crippen molar-refractivity contribution in [1.82, 2.24) is 14.7 Å². The fraction of sp³-hybridized carbons (Fsp3) is 0.909. The third-order valence-corrected chi connectivity index (χ3v) is 7.42. The number of likely N-dealkylation sites (tertiary alicyclic amines) is 3. The van der Waals surface area contributed by atoms with E-state index in [1.807, 2.05) is 18.7 Å². The third-order valence-electron chi connectivity index (χ3n) is 7.42. The standard InChI is InChI=1S/C22H37N3O3/c1-16(2)28-22(27)24-13-7-18(8-14-24)23-11-9-19(10-12-23)25-20-6-4-3-5-17(20)15-21(25)26/h16-20H,3-15H2,1-2H3/t17-,20+/m1/s1. The summed E-state index contributed by atoms with van der Waals surface area (Å²) in [6, 6.07) is 1.56. The Morgan fingerprint density at radius 3 is 2.25 bits per heavy atom. The zero-order valence-electron chi connectivity index (χ0n) is 17.6. The molecule has 3 heterocycles. The fourth-order valence-corrected chi connectivity index (χ4v) is 6.00.